The number of halogens is 1. The summed E-state index contributed by atoms with van der Waals surface area (Å²) in [5.74, 6) is 3.85. The summed E-state index contributed by atoms with van der Waals surface area (Å²) in [6, 6.07) is 9.55. The van der Waals surface area contributed by atoms with E-state index in [2.05, 4.69) is 32.2 Å². The lowest BCUT2D eigenvalue weighted by Crippen LogP contribution is -2.54. The van der Waals surface area contributed by atoms with Gasteiger partial charge in [-0.05, 0) is 98.5 Å². The van der Waals surface area contributed by atoms with E-state index in [-0.39, 0.29) is 23.7 Å². The summed E-state index contributed by atoms with van der Waals surface area (Å²) in [5.41, 5.74) is 3.97. The molecule has 2 fully saturated rings. The molecule has 44 heavy (non-hydrogen) atoms. The molecule has 4 atom stereocenters. The molecule has 1 aliphatic heterocycles. The molecule has 4 aromatic rings. The van der Waals surface area contributed by atoms with Gasteiger partial charge in [0.15, 0.2) is 10.8 Å². The molecule has 1 saturated carbocycles. The fourth-order valence-electron chi connectivity index (χ4n) is 7.08. The maximum absolute atomic E-state index is 14.7. The Bertz CT molecular complexity index is 1880. The number of nitrogens with zero attached hydrogens (tertiary/aromatic N) is 7. The average molecular weight is 616 g/mol. The second kappa shape index (κ2) is 10.9. The fourth-order valence-corrected chi connectivity index (χ4v) is 9.06. The molecule has 12 heteroatoms. The molecule has 1 aromatic carbocycles. The normalized spacial score (nSPS) is 24.4. The molecule has 0 bridgehead atoms. The number of fused-ring (bicyclic) bond motifs is 2. The number of carbonyl (C=O) groups excluding carboxylic acids is 1. The Morgan fingerprint density at radius 2 is 1.98 bits per heavy atom. The average Bonchev–Trinajstić information content (AvgIpc) is 3.78. The predicted molar refractivity (Wildman–Crippen MR) is 164 cm³/mol. The summed E-state index contributed by atoms with van der Waals surface area (Å²) in [5, 5.41) is 13.5. The van der Waals surface area contributed by atoms with Crippen LogP contribution in [0.2, 0.25) is 0 Å². The van der Waals surface area contributed by atoms with Crippen LogP contribution in [0.5, 0.6) is 0 Å². The highest BCUT2D eigenvalue weighted by atomic mass is 32.2. The van der Waals surface area contributed by atoms with E-state index in [4.69, 9.17) is 4.74 Å². The SMILES string of the molecule is C=S(=O)(c1cnn(C)n1)N([C@H]1CCOC1)[C@H]1CCC2=Cc3c(cnn3-c3ccc(F)cc3)C[C@]2(C(=O)c2cc(C)ccn2)C1. The van der Waals surface area contributed by atoms with Crippen LogP contribution in [0.1, 0.15) is 53.0 Å². The predicted octanol–water partition coefficient (Wildman–Crippen LogP) is 3.99. The van der Waals surface area contributed by atoms with Crippen molar-refractivity contribution in [1.29, 1.82) is 0 Å². The third kappa shape index (κ3) is 4.81. The molecule has 0 N–H and O–H groups in total. The minimum atomic E-state index is -3.06. The maximum Gasteiger partial charge on any atom is 0.191 e. The number of carbonyl (C=O) groups is 1. The number of hydrogen-bond donors (Lipinski definition) is 0. The van der Waals surface area contributed by atoms with E-state index in [0.29, 0.717) is 56.0 Å². The molecule has 4 heterocycles. The molecular formula is C32H34FN7O3S. The monoisotopic (exact) mass is 615 g/mol. The number of aryl methyl sites for hydroxylation is 2. The van der Waals surface area contributed by atoms with Gasteiger partial charge in [-0.1, -0.05) is 5.57 Å². The summed E-state index contributed by atoms with van der Waals surface area (Å²) >= 11 is 0. The Labute approximate surface area is 255 Å². The van der Waals surface area contributed by atoms with Crippen LogP contribution in [0.3, 0.4) is 0 Å². The van der Waals surface area contributed by atoms with E-state index in [1.165, 1.54) is 23.1 Å². The van der Waals surface area contributed by atoms with Gasteiger partial charge in [0.2, 0.25) is 0 Å². The maximum atomic E-state index is 14.7. The van der Waals surface area contributed by atoms with Gasteiger partial charge < -0.3 is 4.74 Å². The minimum absolute atomic E-state index is 0.0602. The second-order valence-electron chi connectivity index (χ2n) is 12.0. The second-order valence-corrected chi connectivity index (χ2v) is 14.1. The van der Waals surface area contributed by atoms with Crippen molar-refractivity contribution >= 4 is 27.4 Å². The molecule has 7 rings (SSSR count). The van der Waals surface area contributed by atoms with Crippen molar-refractivity contribution < 1.29 is 18.1 Å². The van der Waals surface area contributed by atoms with Crippen molar-refractivity contribution in [3.63, 3.8) is 0 Å². The smallest absolute Gasteiger partial charge is 0.191 e. The van der Waals surface area contributed by atoms with Gasteiger partial charge in [0.1, 0.15) is 11.5 Å². The van der Waals surface area contributed by atoms with Gasteiger partial charge in [0.05, 0.1) is 45.5 Å². The van der Waals surface area contributed by atoms with Crippen LogP contribution in [-0.4, -0.2) is 75.2 Å². The third-order valence-electron chi connectivity index (χ3n) is 9.16. The number of ketones is 1. The van der Waals surface area contributed by atoms with Gasteiger partial charge in [-0.3, -0.25) is 9.78 Å². The first-order valence-corrected chi connectivity index (χ1v) is 16.5. The van der Waals surface area contributed by atoms with E-state index >= 15 is 0 Å². The van der Waals surface area contributed by atoms with Gasteiger partial charge in [-0.15, -0.1) is 5.10 Å². The van der Waals surface area contributed by atoms with Gasteiger partial charge >= 0.3 is 0 Å². The fraction of sp³-hybridized carbons (Fsp3) is 0.375. The molecule has 1 saturated heterocycles. The van der Waals surface area contributed by atoms with Crippen molar-refractivity contribution in [2.45, 2.75) is 56.1 Å². The number of allylic oxidation sites excluding steroid dienone is 1. The van der Waals surface area contributed by atoms with Gasteiger partial charge in [-0.25, -0.2) is 17.6 Å². The summed E-state index contributed by atoms with van der Waals surface area (Å²) in [6.45, 7) is 2.95. The molecular weight excluding hydrogens is 581 g/mol. The van der Waals surface area contributed by atoms with Crippen LogP contribution in [-0.2, 0) is 27.9 Å². The standard InChI is InChI=1S/C32H34FN7O3S/c1-21-10-12-34-28(14-21)31(41)32-16-22-18-36-39(25-8-5-24(33)6-9-25)29(22)15-23(32)4-7-26(17-32)40(27-11-13-43-20-27)44(3,42)30-19-35-38(2)37-30/h5-6,8-10,12,14-15,18-19,26-27H,3-4,7,11,13,16-17,20H2,1-2H3/t26-,27-,32-,44?/m0/s1. The first-order chi connectivity index (χ1) is 21.2. The molecule has 0 spiro atoms. The van der Waals surface area contributed by atoms with Crippen molar-refractivity contribution in [1.82, 2.24) is 34.1 Å². The van der Waals surface area contributed by atoms with E-state index in [0.717, 1.165) is 28.1 Å². The minimum Gasteiger partial charge on any atom is -0.380 e. The molecule has 3 aliphatic rings. The van der Waals surface area contributed by atoms with Crippen molar-refractivity contribution in [2.24, 2.45) is 12.5 Å². The molecule has 0 amide bonds. The van der Waals surface area contributed by atoms with Crippen molar-refractivity contribution in [3.05, 3.63) is 88.9 Å². The Hall–Kier alpha value is -4.00. The van der Waals surface area contributed by atoms with E-state index in [9.17, 15) is 13.4 Å². The lowest BCUT2D eigenvalue weighted by Gasteiger charge is -2.48. The highest BCUT2D eigenvalue weighted by Gasteiger charge is 2.52. The Balaban J connectivity index is 1.33. The Morgan fingerprint density at radius 1 is 1.16 bits per heavy atom. The largest absolute Gasteiger partial charge is 0.380 e. The molecule has 2 aliphatic carbocycles. The molecule has 0 radical (unpaired) electrons. The van der Waals surface area contributed by atoms with E-state index in [1.54, 1.807) is 36.3 Å². The van der Waals surface area contributed by atoms with Gasteiger partial charge in [0, 0.05) is 31.9 Å². The van der Waals surface area contributed by atoms with Crippen LogP contribution in [0.15, 0.2) is 65.6 Å². The molecule has 1 unspecified atom stereocenters. The topological polar surface area (TPSA) is 108 Å². The van der Waals surface area contributed by atoms with Crippen LogP contribution < -0.4 is 0 Å². The van der Waals surface area contributed by atoms with E-state index < -0.39 is 15.1 Å². The number of rotatable bonds is 7. The number of ether oxygens (including phenoxy) is 1. The van der Waals surface area contributed by atoms with Crippen molar-refractivity contribution in [3.8, 4) is 5.69 Å². The van der Waals surface area contributed by atoms with Crippen LogP contribution in [0.4, 0.5) is 4.39 Å². The first kappa shape index (κ1) is 28.8. The van der Waals surface area contributed by atoms with Gasteiger partial charge in [-0.2, -0.15) is 15.0 Å². The zero-order chi connectivity index (χ0) is 30.6. The van der Waals surface area contributed by atoms with Gasteiger partial charge in [0.25, 0.3) is 0 Å². The first-order valence-electron chi connectivity index (χ1n) is 14.8. The summed E-state index contributed by atoms with van der Waals surface area (Å²) in [4.78, 5) is 20.6. The van der Waals surface area contributed by atoms with Crippen molar-refractivity contribution in [2.75, 3.05) is 13.2 Å². The Morgan fingerprint density at radius 3 is 2.68 bits per heavy atom. The van der Waals surface area contributed by atoms with Crippen LogP contribution in [0, 0.1) is 18.2 Å². The number of hydrogen-bond acceptors (Lipinski definition) is 7. The highest BCUT2D eigenvalue weighted by Crippen LogP contribution is 2.52. The Kier molecular flexibility index (Phi) is 7.10. The summed E-state index contributed by atoms with van der Waals surface area (Å²) in [7, 11) is -1.37. The number of aromatic nitrogens is 6. The molecule has 3 aromatic heterocycles. The number of pyridine rings is 1. The summed E-state index contributed by atoms with van der Waals surface area (Å²) < 4.78 is 37.9. The van der Waals surface area contributed by atoms with Crippen LogP contribution in [0.25, 0.3) is 11.8 Å². The molecule has 10 nitrogen and oxygen atoms in total. The lowest BCUT2D eigenvalue weighted by atomic mass is 9.60. The quantitative estimate of drug-likeness (QED) is 0.229. The molecule has 228 valence electrons. The van der Waals surface area contributed by atoms with E-state index in [1.807, 2.05) is 23.4 Å². The lowest BCUT2D eigenvalue weighted by molar-refractivity contribution is 0.0711. The highest BCUT2D eigenvalue weighted by molar-refractivity contribution is 7.98. The third-order valence-corrected chi connectivity index (χ3v) is 11.3. The zero-order valence-electron chi connectivity index (χ0n) is 24.7. The van der Waals surface area contributed by atoms with Crippen LogP contribution >= 0.6 is 0 Å². The summed E-state index contributed by atoms with van der Waals surface area (Å²) in [6.07, 6.45) is 9.88. The zero-order valence-corrected chi connectivity index (χ0v) is 25.5. The number of benzene rings is 1. The number of Topliss-reactive ketones (excluding diaryl/α,β-unsaturated/α-hetero) is 1.